The second-order valence-corrected chi connectivity index (χ2v) is 6.11. The highest BCUT2D eigenvalue weighted by molar-refractivity contribution is 5.79. The monoisotopic (exact) mass is 331 g/mol. The molecule has 1 aromatic heterocycles. The van der Waals surface area contributed by atoms with E-state index >= 15 is 0 Å². The molecule has 0 saturated carbocycles. The number of aromatic nitrogens is 2. The molecule has 0 radical (unpaired) electrons. The van der Waals surface area contributed by atoms with E-state index in [9.17, 15) is 4.79 Å². The summed E-state index contributed by atoms with van der Waals surface area (Å²) in [7, 11) is 0. The van der Waals surface area contributed by atoms with Crippen LogP contribution in [0.25, 0.3) is 11.1 Å². The fraction of sp³-hybridized carbons (Fsp3) is 0.190. The van der Waals surface area contributed by atoms with Crippen molar-refractivity contribution in [2.24, 2.45) is 0 Å². The maximum atomic E-state index is 12.3. The van der Waals surface area contributed by atoms with Crippen molar-refractivity contribution in [1.82, 2.24) is 15.3 Å². The first kappa shape index (κ1) is 16.8. The molecule has 0 spiro atoms. The molecule has 0 bridgehead atoms. The maximum Gasteiger partial charge on any atom is 0.224 e. The summed E-state index contributed by atoms with van der Waals surface area (Å²) in [5, 5.41) is 2.97. The summed E-state index contributed by atoms with van der Waals surface area (Å²) in [6.45, 7) is 3.80. The third-order valence-corrected chi connectivity index (χ3v) is 4.05. The number of carbonyl (C=O) groups excluding carboxylic acids is 1. The summed E-state index contributed by atoms with van der Waals surface area (Å²) < 4.78 is 0. The number of carbonyl (C=O) groups is 1. The molecule has 0 aliphatic heterocycles. The van der Waals surface area contributed by atoms with Crippen LogP contribution >= 0.6 is 0 Å². The molecular formula is C21H21N3O. The molecule has 2 aromatic carbocycles. The Morgan fingerprint density at radius 1 is 0.960 bits per heavy atom. The Morgan fingerprint density at radius 3 is 2.28 bits per heavy atom. The van der Waals surface area contributed by atoms with Gasteiger partial charge in [0.25, 0.3) is 0 Å². The van der Waals surface area contributed by atoms with Gasteiger partial charge in [-0.15, -0.1) is 0 Å². The molecule has 3 rings (SSSR count). The van der Waals surface area contributed by atoms with Crippen LogP contribution < -0.4 is 5.32 Å². The Labute approximate surface area is 148 Å². The normalized spacial score (nSPS) is 11.8. The first-order valence-electron chi connectivity index (χ1n) is 8.34. The lowest BCUT2D eigenvalue weighted by atomic mass is 10.0. The average Bonchev–Trinajstić information content (AvgIpc) is 2.63. The predicted octanol–water partition coefficient (Wildman–Crippen LogP) is 3.87. The van der Waals surface area contributed by atoms with Crippen molar-refractivity contribution in [3.05, 3.63) is 83.9 Å². The highest BCUT2D eigenvalue weighted by Crippen LogP contribution is 2.19. The summed E-state index contributed by atoms with van der Waals surface area (Å²) in [5.74, 6) is -0.0256. The van der Waals surface area contributed by atoms with E-state index in [0.717, 1.165) is 22.5 Å². The lowest BCUT2D eigenvalue weighted by Crippen LogP contribution is -2.28. The van der Waals surface area contributed by atoms with Crippen LogP contribution in [0.2, 0.25) is 0 Å². The number of hydrogen-bond donors (Lipinski definition) is 1. The number of aryl methyl sites for hydroxylation is 1. The molecule has 0 saturated heterocycles. The first-order chi connectivity index (χ1) is 12.1. The van der Waals surface area contributed by atoms with Gasteiger partial charge in [0, 0.05) is 6.20 Å². The Hall–Kier alpha value is -3.01. The van der Waals surface area contributed by atoms with Gasteiger partial charge in [0.05, 0.1) is 30.0 Å². The standard InChI is InChI=1S/C21H21N3O/c1-15-13-23-20(14-22-15)16(2)24-21(25)12-17-8-10-19(11-9-17)18-6-4-3-5-7-18/h3-11,13-14,16H,12H2,1-2H3,(H,24,25). The van der Waals surface area contributed by atoms with E-state index in [2.05, 4.69) is 27.4 Å². The van der Waals surface area contributed by atoms with E-state index in [4.69, 9.17) is 0 Å². The zero-order valence-corrected chi connectivity index (χ0v) is 14.4. The average molecular weight is 331 g/mol. The van der Waals surface area contributed by atoms with E-state index in [-0.39, 0.29) is 11.9 Å². The third kappa shape index (κ3) is 4.51. The number of amides is 1. The second-order valence-electron chi connectivity index (χ2n) is 6.11. The molecule has 1 atom stereocenters. The Balaban J connectivity index is 1.60. The number of benzene rings is 2. The quantitative estimate of drug-likeness (QED) is 0.772. The summed E-state index contributed by atoms with van der Waals surface area (Å²) >= 11 is 0. The Morgan fingerprint density at radius 2 is 1.64 bits per heavy atom. The van der Waals surface area contributed by atoms with Crippen molar-refractivity contribution >= 4 is 5.91 Å². The van der Waals surface area contributed by atoms with Crippen LogP contribution in [0.1, 0.15) is 29.9 Å². The van der Waals surface area contributed by atoms with Crippen LogP contribution in [0.15, 0.2) is 67.0 Å². The first-order valence-corrected chi connectivity index (χ1v) is 8.34. The van der Waals surface area contributed by atoms with E-state index in [1.807, 2.05) is 56.3 Å². The summed E-state index contributed by atoms with van der Waals surface area (Å²) in [6, 6.07) is 18.1. The van der Waals surface area contributed by atoms with Crippen LogP contribution in [0.5, 0.6) is 0 Å². The zero-order chi connectivity index (χ0) is 17.6. The van der Waals surface area contributed by atoms with Gasteiger partial charge in [0.1, 0.15) is 0 Å². The van der Waals surface area contributed by atoms with Gasteiger partial charge in [-0.3, -0.25) is 14.8 Å². The minimum absolute atomic E-state index is 0.0256. The molecule has 4 nitrogen and oxygen atoms in total. The summed E-state index contributed by atoms with van der Waals surface area (Å²) in [4.78, 5) is 20.8. The summed E-state index contributed by atoms with van der Waals surface area (Å²) in [6.07, 6.45) is 3.76. The number of hydrogen-bond acceptors (Lipinski definition) is 3. The molecule has 1 unspecified atom stereocenters. The predicted molar refractivity (Wildman–Crippen MR) is 98.9 cm³/mol. The maximum absolute atomic E-state index is 12.3. The third-order valence-electron chi connectivity index (χ3n) is 4.05. The zero-order valence-electron chi connectivity index (χ0n) is 14.4. The largest absolute Gasteiger partial charge is 0.348 e. The highest BCUT2D eigenvalue weighted by Gasteiger charge is 2.11. The number of nitrogens with one attached hydrogen (secondary N) is 1. The van der Waals surface area contributed by atoms with E-state index in [1.165, 1.54) is 5.56 Å². The van der Waals surface area contributed by atoms with Gasteiger partial charge < -0.3 is 5.32 Å². The van der Waals surface area contributed by atoms with Gasteiger partial charge in [-0.25, -0.2) is 0 Å². The van der Waals surface area contributed by atoms with E-state index < -0.39 is 0 Å². The van der Waals surface area contributed by atoms with Gasteiger partial charge in [0.2, 0.25) is 5.91 Å². The lowest BCUT2D eigenvalue weighted by molar-refractivity contribution is -0.121. The van der Waals surface area contributed by atoms with Crippen LogP contribution in [0.4, 0.5) is 0 Å². The molecule has 1 heterocycles. The van der Waals surface area contributed by atoms with Gasteiger partial charge in [-0.2, -0.15) is 0 Å². The molecule has 25 heavy (non-hydrogen) atoms. The van der Waals surface area contributed by atoms with E-state index in [0.29, 0.717) is 6.42 Å². The van der Waals surface area contributed by atoms with Crippen LogP contribution in [-0.2, 0) is 11.2 Å². The fourth-order valence-corrected chi connectivity index (χ4v) is 2.62. The van der Waals surface area contributed by atoms with Crippen molar-refractivity contribution in [3.63, 3.8) is 0 Å². The molecular weight excluding hydrogens is 310 g/mol. The number of nitrogens with zero attached hydrogens (tertiary/aromatic N) is 2. The van der Waals surface area contributed by atoms with Gasteiger partial charge in [-0.05, 0) is 30.5 Å². The molecule has 1 N–H and O–H groups in total. The van der Waals surface area contributed by atoms with Crippen molar-refractivity contribution in [2.75, 3.05) is 0 Å². The lowest BCUT2D eigenvalue weighted by Gasteiger charge is -2.13. The minimum Gasteiger partial charge on any atom is -0.348 e. The highest BCUT2D eigenvalue weighted by atomic mass is 16.1. The molecule has 3 aromatic rings. The Kier molecular flexibility index (Phi) is 5.19. The second kappa shape index (κ2) is 7.71. The summed E-state index contributed by atoms with van der Waals surface area (Å²) in [5.41, 5.74) is 4.93. The van der Waals surface area contributed by atoms with E-state index in [1.54, 1.807) is 12.4 Å². The molecule has 0 aliphatic rings. The van der Waals surface area contributed by atoms with Crippen LogP contribution in [0, 0.1) is 6.92 Å². The minimum atomic E-state index is -0.163. The van der Waals surface area contributed by atoms with Crippen LogP contribution in [0.3, 0.4) is 0 Å². The molecule has 126 valence electrons. The van der Waals surface area contributed by atoms with Crippen molar-refractivity contribution < 1.29 is 4.79 Å². The molecule has 0 aliphatic carbocycles. The van der Waals surface area contributed by atoms with Gasteiger partial charge in [-0.1, -0.05) is 54.6 Å². The van der Waals surface area contributed by atoms with Crippen LogP contribution in [-0.4, -0.2) is 15.9 Å². The fourth-order valence-electron chi connectivity index (χ4n) is 2.62. The van der Waals surface area contributed by atoms with Crippen molar-refractivity contribution in [1.29, 1.82) is 0 Å². The molecule has 4 heteroatoms. The van der Waals surface area contributed by atoms with Crippen molar-refractivity contribution in [2.45, 2.75) is 26.3 Å². The Bertz CT molecular complexity index is 827. The molecule has 1 amide bonds. The van der Waals surface area contributed by atoms with Crippen molar-refractivity contribution in [3.8, 4) is 11.1 Å². The SMILES string of the molecule is Cc1cnc(C(C)NC(=O)Cc2ccc(-c3ccccc3)cc2)cn1. The van der Waals surface area contributed by atoms with Gasteiger partial charge in [0.15, 0.2) is 0 Å². The smallest absolute Gasteiger partial charge is 0.224 e. The number of rotatable bonds is 5. The topological polar surface area (TPSA) is 54.9 Å². The van der Waals surface area contributed by atoms with Gasteiger partial charge >= 0.3 is 0 Å². The molecule has 0 fully saturated rings.